The molecule has 2 aromatic rings. The number of morpholine rings is 1. The van der Waals surface area contributed by atoms with Crippen molar-refractivity contribution in [1.29, 1.82) is 0 Å². The molecule has 1 saturated heterocycles. The lowest BCUT2D eigenvalue weighted by molar-refractivity contribution is 0.0606. The topological polar surface area (TPSA) is 64.8 Å². The number of aromatic nitrogens is 1. The van der Waals surface area contributed by atoms with Crippen LogP contribution in [-0.4, -0.2) is 37.8 Å². The zero-order chi connectivity index (χ0) is 15.7. The summed E-state index contributed by atoms with van der Waals surface area (Å²) in [5.74, 6) is 1.17. The Kier molecular flexibility index (Phi) is 4.37. The van der Waals surface area contributed by atoms with E-state index in [1.54, 1.807) is 0 Å². The summed E-state index contributed by atoms with van der Waals surface area (Å²) < 4.78 is 16.0. The van der Waals surface area contributed by atoms with E-state index in [4.69, 9.17) is 25.5 Å². The van der Waals surface area contributed by atoms with E-state index in [1.807, 2.05) is 24.0 Å². The van der Waals surface area contributed by atoms with Crippen LogP contribution in [0.3, 0.4) is 0 Å². The molecular formula is C14H15ClN2O4S. The Hall–Kier alpha value is -1.57. The molecule has 1 fully saturated rings. The zero-order valence-corrected chi connectivity index (χ0v) is 13.7. The van der Waals surface area contributed by atoms with Crippen LogP contribution in [0.2, 0.25) is 5.15 Å². The highest BCUT2D eigenvalue weighted by Crippen LogP contribution is 2.36. The first-order valence-electron chi connectivity index (χ1n) is 6.75. The van der Waals surface area contributed by atoms with Crippen molar-refractivity contribution in [3.63, 3.8) is 0 Å². The van der Waals surface area contributed by atoms with Gasteiger partial charge in [0.05, 0.1) is 20.3 Å². The smallest absolute Gasteiger partial charge is 0.351 e. The molecule has 1 aliphatic heterocycles. The van der Waals surface area contributed by atoms with Crippen molar-refractivity contribution in [2.75, 3.05) is 31.8 Å². The quantitative estimate of drug-likeness (QED) is 0.799. The minimum atomic E-state index is -0.479. The molecule has 0 N–H and O–H groups in total. The van der Waals surface area contributed by atoms with Gasteiger partial charge in [0.25, 0.3) is 0 Å². The van der Waals surface area contributed by atoms with Gasteiger partial charge in [-0.25, -0.2) is 9.78 Å². The van der Waals surface area contributed by atoms with Gasteiger partial charge >= 0.3 is 5.97 Å². The van der Waals surface area contributed by atoms with Crippen LogP contribution in [0.4, 0.5) is 5.13 Å². The number of carbonyl (C=O) groups is 1. The summed E-state index contributed by atoms with van der Waals surface area (Å²) in [6, 6.07) is 3.75. The Bertz CT molecular complexity index is 684. The first kappa shape index (κ1) is 15.3. The summed E-state index contributed by atoms with van der Waals surface area (Å²) in [7, 11) is 1.32. The molecule has 22 heavy (non-hydrogen) atoms. The Morgan fingerprint density at radius 3 is 3.05 bits per heavy atom. The molecule has 0 saturated carbocycles. The summed E-state index contributed by atoms with van der Waals surface area (Å²) in [4.78, 5) is 18.3. The second-order valence-corrected chi connectivity index (χ2v) is 6.18. The first-order chi connectivity index (χ1) is 10.6. The number of nitrogens with zero attached hydrogens (tertiary/aromatic N) is 2. The summed E-state index contributed by atoms with van der Waals surface area (Å²) in [6.45, 7) is 3.63. The number of ether oxygens (including phenoxy) is 2. The van der Waals surface area contributed by atoms with Gasteiger partial charge in [-0.3, -0.25) is 0 Å². The number of halogens is 1. The average Bonchev–Trinajstić information content (AvgIpc) is 3.12. The SMILES string of the molecule is COC(=O)c1sc(N2CCOCC2c2ccc(C)o2)nc1Cl. The lowest BCUT2D eigenvalue weighted by atomic mass is 10.2. The van der Waals surface area contributed by atoms with Gasteiger partial charge in [0.1, 0.15) is 17.6 Å². The predicted molar refractivity (Wildman–Crippen MR) is 82.8 cm³/mol. The summed E-state index contributed by atoms with van der Waals surface area (Å²) >= 11 is 7.27. The van der Waals surface area contributed by atoms with Crippen molar-refractivity contribution in [2.45, 2.75) is 13.0 Å². The van der Waals surface area contributed by atoms with E-state index in [1.165, 1.54) is 18.4 Å². The molecule has 1 aliphatic rings. The van der Waals surface area contributed by atoms with Crippen LogP contribution in [0.1, 0.15) is 27.2 Å². The Morgan fingerprint density at radius 2 is 2.36 bits per heavy atom. The molecule has 6 nitrogen and oxygen atoms in total. The van der Waals surface area contributed by atoms with Crippen LogP contribution < -0.4 is 4.90 Å². The van der Waals surface area contributed by atoms with E-state index in [2.05, 4.69) is 4.98 Å². The van der Waals surface area contributed by atoms with Gasteiger partial charge in [-0.1, -0.05) is 22.9 Å². The lowest BCUT2D eigenvalue weighted by Gasteiger charge is -2.34. The summed E-state index contributed by atoms with van der Waals surface area (Å²) in [6.07, 6.45) is 0. The van der Waals surface area contributed by atoms with Crippen molar-refractivity contribution >= 4 is 34.0 Å². The maximum atomic E-state index is 11.7. The van der Waals surface area contributed by atoms with Gasteiger partial charge < -0.3 is 18.8 Å². The lowest BCUT2D eigenvalue weighted by Crippen LogP contribution is -2.39. The van der Waals surface area contributed by atoms with Gasteiger partial charge in [0.2, 0.25) is 0 Å². The highest BCUT2D eigenvalue weighted by Gasteiger charge is 2.31. The number of hydrogen-bond donors (Lipinski definition) is 0. The molecule has 0 bridgehead atoms. The second-order valence-electron chi connectivity index (χ2n) is 4.84. The maximum Gasteiger partial charge on any atom is 0.351 e. The Balaban J connectivity index is 1.92. The number of furan rings is 1. The zero-order valence-electron chi connectivity index (χ0n) is 12.2. The monoisotopic (exact) mass is 342 g/mol. The highest BCUT2D eigenvalue weighted by molar-refractivity contribution is 7.18. The number of aryl methyl sites for hydroxylation is 1. The van der Waals surface area contributed by atoms with Crippen LogP contribution in [0.25, 0.3) is 0 Å². The number of carbonyl (C=O) groups excluding carboxylic acids is 1. The molecule has 3 heterocycles. The van der Waals surface area contributed by atoms with Crippen LogP contribution in [0, 0.1) is 6.92 Å². The van der Waals surface area contributed by atoms with Crippen molar-refractivity contribution in [3.8, 4) is 0 Å². The fourth-order valence-corrected chi connectivity index (χ4v) is 3.61. The number of rotatable bonds is 3. The highest BCUT2D eigenvalue weighted by atomic mass is 35.5. The molecule has 1 atom stereocenters. The van der Waals surface area contributed by atoms with Crippen LogP contribution in [0.15, 0.2) is 16.5 Å². The van der Waals surface area contributed by atoms with Crippen molar-refractivity contribution < 1.29 is 18.7 Å². The molecule has 8 heteroatoms. The van der Waals surface area contributed by atoms with Crippen molar-refractivity contribution in [2.24, 2.45) is 0 Å². The van der Waals surface area contributed by atoms with Gasteiger partial charge in [-0.15, -0.1) is 0 Å². The van der Waals surface area contributed by atoms with E-state index < -0.39 is 5.97 Å². The van der Waals surface area contributed by atoms with Crippen molar-refractivity contribution in [3.05, 3.63) is 33.7 Å². The fourth-order valence-electron chi connectivity index (χ4n) is 2.33. The number of thiazole rings is 1. The molecule has 0 radical (unpaired) electrons. The van der Waals surface area contributed by atoms with Gasteiger partial charge in [-0.2, -0.15) is 0 Å². The molecule has 1 unspecified atom stereocenters. The summed E-state index contributed by atoms with van der Waals surface area (Å²) in [5.41, 5.74) is 0. The maximum absolute atomic E-state index is 11.7. The number of hydrogen-bond acceptors (Lipinski definition) is 7. The second kappa shape index (κ2) is 6.28. The van der Waals surface area contributed by atoms with E-state index in [-0.39, 0.29) is 11.2 Å². The third-order valence-corrected chi connectivity index (χ3v) is 4.87. The van der Waals surface area contributed by atoms with E-state index in [0.29, 0.717) is 29.8 Å². The molecule has 2 aromatic heterocycles. The number of anilines is 1. The molecule has 0 amide bonds. The average molecular weight is 343 g/mol. The van der Waals surface area contributed by atoms with Crippen LogP contribution in [0.5, 0.6) is 0 Å². The van der Waals surface area contributed by atoms with Gasteiger partial charge in [0, 0.05) is 6.54 Å². The Morgan fingerprint density at radius 1 is 1.55 bits per heavy atom. The molecular weight excluding hydrogens is 328 g/mol. The van der Waals surface area contributed by atoms with E-state index in [0.717, 1.165) is 11.5 Å². The number of methoxy groups -OCH3 is 1. The third kappa shape index (κ3) is 2.84. The summed E-state index contributed by atoms with van der Waals surface area (Å²) in [5, 5.41) is 0.820. The largest absolute Gasteiger partial charge is 0.465 e. The number of esters is 1. The molecule has 0 aliphatic carbocycles. The predicted octanol–water partition coefficient (Wildman–Crippen LogP) is 3.06. The molecule has 3 rings (SSSR count). The fraction of sp³-hybridized carbons (Fsp3) is 0.429. The third-order valence-electron chi connectivity index (χ3n) is 3.41. The van der Waals surface area contributed by atoms with Crippen LogP contribution >= 0.6 is 22.9 Å². The molecule has 0 aromatic carbocycles. The normalized spacial score (nSPS) is 18.5. The van der Waals surface area contributed by atoms with E-state index in [9.17, 15) is 4.79 Å². The molecule has 118 valence electrons. The minimum Gasteiger partial charge on any atom is -0.465 e. The van der Waals surface area contributed by atoms with Gasteiger partial charge in [-0.05, 0) is 19.1 Å². The molecule has 0 spiro atoms. The van der Waals surface area contributed by atoms with Crippen molar-refractivity contribution in [1.82, 2.24) is 4.98 Å². The first-order valence-corrected chi connectivity index (χ1v) is 7.95. The minimum absolute atomic E-state index is 0.0878. The van der Waals surface area contributed by atoms with E-state index >= 15 is 0 Å². The van der Waals surface area contributed by atoms with Gasteiger partial charge in [0.15, 0.2) is 15.2 Å². The Labute approximate surface area is 136 Å². The van der Waals surface area contributed by atoms with Crippen LogP contribution in [-0.2, 0) is 9.47 Å². The standard InChI is InChI=1S/C14H15ClN2O4S/c1-8-3-4-10(21-8)9-7-20-6-5-17(9)14-16-12(15)11(22-14)13(18)19-2/h3-4,9H,5-7H2,1-2H3.